The molecule has 0 fully saturated rings. The van der Waals surface area contributed by atoms with Crippen LogP contribution < -0.4 is 16.6 Å². The number of allylic oxidation sites excluding steroid dienone is 1. The van der Waals surface area contributed by atoms with Crippen LogP contribution >= 0.6 is 0 Å². The number of amidine groups is 1. The van der Waals surface area contributed by atoms with Gasteiger partial charge >= 0.3 is 0 Å². The summed E-state index contributed by atoms with van der Waals surface area (Å²) >= 11 is 0. The molecule has 1 heterocycles. The van der Waals surface area contributed by atoms with Gasteiger partial charge in [0.15, 0.2) is 12.1 Å². The predicted molar refractivity (Wildman–Crippen MR) is 70.6 cm³/mol. The Kier molecular flexibility index (Phi) is 3.91. The lowest BCUT2D eigenvalue weighted by Gasteiger charge is -2.24. The first-order valence-corrected chi connectivity index (χ1v) is 5.97. The quantitative estimate of drug-likeness (QED) is 0.702. The first kappa shape index (κ1) is 13.2. The molecule has 5 nitrogen and oxygen atoms in total. The minimum absolute atomic E-state index is 0.229. The lowest BCUT2D eigenvalue weighted by molar-refractivity contribution is -0.105. The molecule has 1 unspecified atom stereocenters. The van der Waals surface area contributed by atoms with Crippen LogP contribution in [0.15, 0.2) is 40.7 Å². The normalized spacial score (nSPS) is 16.3. The monoisotopic (exact) mass is 262 g/mol. The van der Waals surface area contributed by atoms with Crippen molar-refractivity contribution in [1.82, 2.24) is 10.9 Å². The molecular weight excluding hydrogens is 247 g/mol. The van der Waals surface area contributed by atoms with Crippen molar-refractivity contribution in [3.05, 3.63) is 47.0 Å². The number of benzene rings is 1. The highest BCUT2D eigenvalue weighted by molar-refractivity contribution is 6.01. The molecule has 0 aliphatic carbocycles. The van der Waals surface area contributed by atoms with E-state index < -0.39 is 0 Å². The number of nitrogens with two attached hydrogens (primary N) is 1. The molecule has 1 aliphatic rings. The number of carbonyl (C=O) groups excluding carboxylic acids is 1. The largest absolute Gasteiger partial charge is 0.323 e. The van der Waals surface area contributed by atoms with E-state index in [1.54, 1.807) is 12.1 Å². The summed E-state index contributed by atoms with van der Waals surface area (Å²) in [4.78, 5) is 15.2. The Morgan fingerprint density at radius 3 is 2.89 bits per heavy atom. The van der Waals surface area contributed by atoms with Crippen molar-refractivity contribution in [1.29, 1.82) is 0 Å². The topological polar surface area (TPSA) is 79.5 Å². The molecule has 1 aromatic carbocycles. The molecule has 0 bridgehead atoms. The average Bonchev–Trinajstić information content (AvgIpc) is 2.45. The molecular formula is C13H15FN4O. The van der Waals surface area contributed by atoms with E-state index >= 15 is 0 Å². The summed E-state index contributed by atoms with van der Waals surface area (Å²) in [5.41, 5.74) is 12.9. The number of hydrazine groups is 1. The smallest absolute Gasteiger partial charge is 0.170 e. The Labute approximate surface area is 110 Å². The van der Waals surface area contributed by atoms with Crippen molar-refractivity contribution in [2.45, 2.75) is 19.4 Å². The summed E-state index contributed by atoms with van der Waals surface area (Å²) in [6.45, 7) is 1.91. The number of halogens is 1. The molecule has 0 amide bonds. The third-order valence-corrected chi connectivity index (χ3v) is 2.84. The molecule has 0 radical (unpaired) electrons. The second-order valence-electron chi connectivity index (χ2n) is 4.15. The lowest BCUT2D eigenvalue weighted by Crippen LogP contribution is -2.46. The van der Waals surface area contributed by atoms with Crippen LogP contribution in [-0.4, -0.2) is 18.2 Å². The second-order valence-corrected chi connectivity index (χ2v) is 4.15. The van der Waals surface area contributed by atoms with E-state index in [-0.39, 0.29) is 17.6 Å². The number of nitrogens with one attached hydrogen (secondary N) is 2. The van der Waals surface area contributed by atoms with Gasteiger partial charge in [0, 0.05) is 11.6 Å². The van der Waals surface area contributed by atoms with Crippen LogP contribution in [0.4, 0.5) is 4.39 Å². The second kappa shape index (κ2) is 5.62. The molecule has 1 aliphatic heterocycles. The third-order valence-electron chi connectivity index (χ3n) is 2.84. The zero-order chi connectivity index (χ0) is 13.8. The van der Waals surface area contributed by atoms with Crippen LogP contribution in [0.25, 0.3) is 0 Å². The van der Waals surface area contributed by atoms with Crippen LogP contribution in [0.1, 0.15) is 18.9 Å². The van der Waals surface area contributed by atoms with E-state index in [1.165, 1.54) is 12.1 Å². The maximum atomic E-state index is 13.2. The van der Waals surface area contributed by atoms with Crippen molar-refractivity contribution < 1.29 is 9.18 Å². The maximum absolute atomic E-state index is 13.2. The van der Waals surface area contributed by atoms with Crippen LogP contribution in [0.2, 0.25) is 0 Å². The van der Waals surface area contributed by atoms with Crippen molar-refractivity contribution in [3.8, 4) is 0 Å². The van der Waals surface area contributed by atoms with Crippen LogP contribution in [0.5, 0.6) is 0 Å². The fourth-order valence-electron chi connectivity index (χ4n) is 1.75. The minimum atomic E-state index is -0.366. The van der Waals surface area contributed by atoms with E-state index in [9.17, 15) is 9.18 Å². The Balaban J connectivity index is 2.38. The molecule has 100 valence electrons. The fourth-order valence-corrected chi connectivity index (χ4v) is 1.75. The molecule has 0 saturated heterocycles. The molecule has 0 aromatic heterocycles. The van der Waals surface area contributed by atoms with E-state index in [0.717, 1.165) is 0 Å². The average molecular weight is 262 g/mol. The van der Waals surface area contributed by atoms with Crippen molar-refractivity contribution in [2.24, 2.45) is 10.7 Å². The fraction of sp³-hybridized carbons (Fsp3) is 0.231. The number of nitrogens with zero attached hydrogens (tertiary/aromatic N) is 1. The third kappa shape index (κ3) is 2.79. The predicted octanol–water partition coefficient (Wildman–Crippen LogP) is 0.828. The van der Waals surface area contributed by atoms with Crippen LogP contribution in [0, 0.1) is 5.82 Å². The van der Waals surface area contributed by atoms with Crippen molar-refractivity contribution in [2.75, 3.05) is 0 Å². The molecule has 19 heavy (non-hydrogen) atoms. The highest BCUT2D eigenvalue weighted by Crippen LogP contribution is 2.13. The molecule has 0 spiro atoms. The van der Waals surface area contributed by atoms with Gasteiger partial charge in [-0.05, 0) is 18.6 Å². The van der Waals surface area contributed by atoms with E-state index in [4.69, 9.17) is 5.73 Å². The number of aldehydes is 1. The SMILES string of the molecule is CCC(N)C1=C(C=O)N=C(c2cccc(F)c2)NN1. The van der Waals surface area contributed by atoms with Gasteiger partial charge in [0.2, 0.25) is 0 Å². The number of hydrogen-bond donors (Lipinski definition) is 3. The Morgan fingerprint density at radius 1 is 1.47 bits per heavy atom. The first-order chi connectivity index (χ1) is 9.15. The zero-order valence-electron chi connectivity index (χ0n) is 10.5. The molecule has 6 heteroatoms. The van der Waals surface area contributed by atoms with Crippen molar-refractivity contribution >= 4 is 12.1 Å². The maximum Gasteiger partial charge on any atom is 0.170 e. The van der Waals surface area contributed by atoms with Gasteiger partial charge < -0.3 is 5.73 Å². The standard InChI is InChI=1S/C13H15FN4O/c1-2-10(15)12-11(7-19)16-13(18-17-12)8-4-3-5-9(14)6-8/h3-7,10,17H,2,15H2,1H3,(H,16,18). The Bertz CT molecular complexity index is 553. The number of aliphatic imine (C=N–C) groups is 1. The highest BCUT2D eigenvalue weighted by Gasteiger charge is 2.19. The number of rotatable bonds is 4. The van der Waals surface area contributed by atoms with Gasteiger partial charge in [0.25, 0.3) is 0 Å². The summed E-state index contributed by atoms with van der Waals surface area (Å²) in [5, 5.41) is 0. The summed E-state index contributed by atoms with van der Waals surface area (Å²) in [7, 11) is 0. The Morgan fingerprint density at radius 2 is 2.26 bits per heavy atom. The van der Waals surface area contributed by atoms with Gasteiger partial charge in [-0.3, -0.25) is 15.6 Å². The molecule has 1 atom stereocenters. The molecule has 2 rings (SSSR count). The molecule has 1 aromatic rings. The van der Waals surface area contributed by atoms with Gasteiger partial charge in [-0.1, -0.05) is 19.1 Å². The lowest BCUT2D eigenvalue weighted by atomic mass is 10.1. The van der Waals surface area contributed by atoms with Crippen LogP contribution in [0.3, 0.4) is 0 Å². The molecule has 0 saturated carbocycles. The van der Waals surface area contributed by atoms with E-state index in [1.807, 2.05) is 6.92 Å². The Hall–Kier alpha value is -2.21. The van der Waals surface area contributed by atoms with Gasteiger partial charge in [0.1, 0.15) is 11.5 Å². The van der Waals surface area contributed by atoms with Gasteiger partial charge in [-0.25, -0.2) is 9.38 Å². The minimum Gasteiger partial charge on any atom is -0.323 e. The van der Waals surface area contributed by atoms with Gasteiger partial charge in [-0.2, -0.15) is 0 Å². The zero-order valence-corrected chi connectivity index (χ0v) is 10.5. The van der Waals surface area contributed by atoms with Crippen LogP contribution in [-0.2, 0) is 4.79 Å². The van der Waals surface area contributed by atoms with E-state index in [0.29, 0.717) is 29.8 Å². The van der Waals surface area contributed by atoms with Gasteiger partial charge in [-0.15, -0.1) is 0 Å². The summed E-state index contributed by atoms with van der Waals surface area (Å²) < 4.78 is 13.2. The van der Waals surface area contributed by atoms with Gasteiger partial charge in [0.05, 0.1) is 5.70 Å². The van der Waals surface area contributed by atoms with Crippen molar-refractivity contribution in [3.63, 3.8) is 0 Å². The van der Waals surface area contributed by atoms with E-state index in [2.05, 4.69) is 15.8 Å². The summed E-state index contributed by atoms with van der Waals surface area (Å²) in [6.07, 6.45) is 1.31. The summed E-state index contributed by atoms with van der Waals surface area (Å²) in [5.74, 6) is 0.0170. The number of hydrogen-bond acceptors (Lipinski definition) is 5. The summed E-state index contributed by atoms with van der Waals surface area (Å²) in [6, 6.07) is 5.65. The first-order valence-electron chi connectivity index (χ1n) is 5.97. The molecule has 4 N–H and O–H groups in total. The number of carbonyl (C=O) groups is 1. The highest BCUT2D eigenvalue weighted by atomic mass is 19.1.